The maximum absolute atomic E-state index is 10.6. The van der Waals surface area contributed by atoms with E-state index in [1.54, 1.807) is 0 Å². The standard InChI is InChI=1S/C10H17NO2S/c1-7(13-8(2)12)3-4-9-5-6-10(14)11-9/h7,9H,3-6H2,1-2H3,(H,11,14). The first-order valence-electron chi connectivity index (χ1n) is 5.04. The number of rotatable bonds is 4. The van der Waals surface area contributed by atoms with Crippen molar-refractivity contribution >= 4 is 23.2 Å². The number of nitrogens with one attached hydrogen (secondary N) is 1. The molecule has 14 heavy (non-hydrogen) atoms. The van der Waals surface area contributed by atoms with Gasteiger partial charge in [-0.3, -0.25) is 4.79 Å². The molecule has 1 fully saturated rings. The summed E-state index contributed by atoms with van der Waals surface area (Å²) in [4.78, 5) is 11.6. The van der Waals surface area contributed by atoms with Gasteiger partial charge in [-0.05, 0) is 32.6 Å². The van der Waals surface area contributed by atoms with Crippen LogP contribution >= 0.6 is 12.2 Å². The average Bonchev–Trinajstić information content (AvgIpc) is 2.47. The Kier molecular flexibility index (Phi) is 4.32. The molecule has 1 aliphatic heterocycles. The Hall–Kier alpha value is -0.640. The van der Waals surface area contributed by atoms with Crippen LogP contribution < -0.4 is 5.32 Å². The van der Waals surface area contributed by atoms with Crippen LogP contribution in [0, 0.1) is 0 Å². The van der Waals surface area contributed by atoms with Crippen LogP contribution in [-0.4, -0.2) is 23.1 Å². The maximum atomic E-state index is 10.6. The van der Waals surface area contributed by atoms with Crippen molar-refractivity contribution in [2.45, 2.75) is 51.7 Å². The summed E-state index contributed by atoms with van der Waals surface area (Å²) in [5, 5.41) is 3.25. The SMILES string of the molecule is CC(=O)OC(C)CCC1CCC(=S)N1. The van der Waals surface area contributed by atoms with Gasteiger partial charge in [0.1, 0.15) is 0 Å². The molecular weight excluding hydrogens is 198 g/mol. The normalized spacial score (nSPS) is 23.0. The molecule has 0 amide bonds. The van der Waals surface area contributed by atoms with Gasteiger partial charge >= 0.3 is 5.97 Å². The second kappa shape index (κ2) is 5.29. The molecule has 0 aliphatic carbocycles. The molecule has 0 aromatic heterocycles. The smallest absolute Gasteiger partial charge is 0.302 e. The van der Waals surface area contributed by atoms with E-state index >= 15 is 0 Å². The molecule has 80 valence electrons. The molecule has 1 saturated heterocycles. The van der Waals surface area contributed by atoms with Crippen molar-refractivity contribution in [2.75, 3.05) is 0 Å². The molecule has 0 bridgehead atoms. The molecule has 2 unspecified atom stereocenters. The molecule has 1 rings (SSSR count). The number of carbonyl (C=O) groups is 1. The van der Waals surface area contributed by atoms with Gasteiger partial charge in [-0.15, -0.1) is 0 Å². The van der Waals surface area contributed by atoms with Gasteiger partial charge in [0.2, 0.25) is 0 Å². The van der Waals surface area contributed by atoms with Crippen LogP contribution in [0.4, 0.5) is 0 Å². The molecule has 1 N–H and O–H groups in total. The Morgan fingerprint density at radius 2 is 2.50 bits per heavy atom. The van der Waals surface area contributed by atoms with Gasteiger partial charge in [0.05, 0.1) is 11.1 Å². The lowest BCUT2D eigenvalue weighted by atomic mass is 10.1. The highest BCUT2D eigenvalue weighted by molar-refractivity contribution is 7.80. The van der Waals surface area contributed by atoms with Gasteiger partial charge in [-0.2, -0.15) is 0 Å². The van der Waals surface area contributed by atoms with Gasteiger partial charge in [0.15, 0.2) is 0 Å². The molecule has 1 heterocycles. The lowest BCUT2D eigenvalue weighted by molar-refractivity contribution is -0.145. The number of esters is 1. The molecule has 1 aliphatic rings. The quantitative estimate of drug-likeness (QED) is 0.573. The van der Waals surface area contributed by atoms with Crippen molar-refractivity contribution < 1.29 is 9.53 Å². The predicted octanol–water partition coefficient (Wildman–Crippen LogP) is 1.80. The van der Waals surface area contributed by atoms with E-state index in [0.717, 1.165) is 30.7 Å². The molecule has 0 aromatic carbocycles. The second-order valence-corrected chi connectivity index (χ2v) is 4.29. The van der Waals surface area contributed by atoms with Crippen LogP contribution in [0.1, 0.15) is 39.5 Å². The predicted molar refractivity (Wildman–Crippen MR) is 59.2 cm³/mol. The van der Waals surface area contributed by atoms with E-state index in [1.165, 1.54) is 6.92 Å². The van der Waals surface area contributed by atoms with Gasteiger partial charge in [-0.25, -0.2) is 0 Å². The zero-order chi connectivity index (χ0) is 10.6. The highest BCUT2D eigenvalue weighted by atomic mass is 32.1. The molecule has 2 atom stereocenters. The number of carbonyl (C=O) groups excluding carboxylic acids is 1. The molecule has 3 nitrogen and oxygen atoms in total. The third kappa shape index (κ3) is 4.05. The Balaban J connectivity index is 2.14. The van der Waals surface area contributed by atoms with Crippen LogP contribution in [0.3, 0.4) is 0 Å². The number of ether oxygens (including phenoxy) is 1. The van der Waals surface area contributed by atoms with Crippen molar-refractivity contribution in [3.8, 4) is 0 Å². The molecular formula is C10H17NO2S. The first-order chi connectivity index (χ1) is 6.58. The minimum atomic E-state index is -0.201. The fraction of sp³-hybridized carbons (Fsp3) is 0.800. The Bertz CT molecular complexity index is 230. The summed E-state index contributed by atoms with van der Waals surface area (Å²) in [6.07, 6.45) is 4.06. The van der Waals surface area contributed by atoms with Crippen molar-refractivity contribution in [1.82, 2.24) is 5.32 Å². The van der Waals surface area contributed by atoms with Crippen molar-refractivity contribution in [3.05, 3.63) is 0 Å². The van der Waals surface area contributed by atoms with Crippen LogP contribution in [0.5, 0.6) is 0 Å². The van der Waals surface area contributed by atoms with E-state index in [-0.39, 0.29) is 12.1 Å². The largest absolute Gasteiger partial charge is 0.463 e. The summed E-state index contributed by atoms with van der Waals surface area (Å²) in [6, 6.07) is 0.487. The van der Waals surface area contributed by atoms with E-state index in [9.17, 15) is 4.79 Å². The van der Waals surface area contributed by atoms with E-state index in [4.69, 9.17) is 17.0 Å². The molecule has 0 radical (unpaired) electrons. The van der Waals surface area contributed by atoms with Crippen LogP contribution in [0.25, 0.3) is 0 Å². The zero-order valence-corrected chi connectivity index (χ0v) is 9.52. The van der Waals surface area contributed by atoms with Crippen molar-refractivity contribution in [2.24, 2.45) is 0 Å². The first-order valence-corrected chi connectivity index (χ1v) is 5.45. The Morgan fingerprint density at radius 3 is 3.00 bits per heavy atom. The van der Waals surface area contributed by atoms with E-state index in [2.05, 4.69) is 5.32 Å². The summed E-state index contributed by atoms with van der Waals surface area (Å²) in [5.41, 5.74) is 0. The van der Waals surface area contributed by atoms with Gasteiger partial charge in [-0.1, -0.05) is 12.2 Å². The lowest BCUT2D eigenvalue weighted by Crippen LogP contribution is -2.25. The van der Waals surface area contributed by atoms with Crippen LogP contribution in [0.2, 0.25) is 0 Å². The molecule has 0 aromatic rings. The van der Waals surface area contributed by atoms with Gasteiger partial charge in [0, 0.05) is 13.0 Å². The van der Waals surface area contributed by atoms with Gasteiger partial charge in [0.25, 0.3) is 0 Å². The monoisotopic (exact) mass is 215 g/mol. The summed E-state index contributed by atoms with van der Waals surface area (Å²) >= 11 is 5.05. The van der Waals surface area contributed by atoms with Crippen LogP contribution in [-0.2, 0) is 9.53 Å². The van der Waals surface area contributed by atoms with E-state index in [1.807, 2.05) is 6.92 Å². The van der Waals surface area contributed by atoms with Crippen LogP contribution in [0.15, 0.2) is 0 Å². The molecule has 0 saturated carbocycles. The fourth-order valence-corrected chi connectivity index (χ4v) is 1.96. The lowest BCUT2D eigenvalue weighted by Gasteiger charge is -2.15. The summed E-state index contributed by atoms with van der Waals surface area (Å²) in [5.74, 6) is -0.201. The summed E-state index contributed by atoms with van der Waals surface area (Å²) in [6.45, 7) is 3.37. The summed E-state index contributed by atoms with van der Waals surface area (Å²) < 4.78 is 5.04. The first kappa shape index (κ1) is 11.4. The van der Waals surface area contributed by atoms with E-state index < -0.39 is 0 Å². The van der Waals surface area contributed by atoms with Gasteiger partial charge < -0.3 is 10.1 Å². The molecule has 4 heteroatoms. The maximum Gasteiger partial charge on any atom is 0.302 e. The van der Waals surface area contributed by atoms with Crippen molar-refractivity contribution in [1.29, 1.82) is 0 Å². The minimum Gasteiger partial charge on any atom is -0.463 e. The highest BCUT2D eigenvalue weighted by Gasteiger charge is 2.18. The third-order valence-corrected chi connectivity index (χ3v) is 2.70. The zero-order valence-electron chi connectivity index (χ0n) is 8.71. The Morgan fingerprint density at radius 1 is 1.79 bits per heavy atom. The highest BCUT2D eigenvalue weighted by Crippen LogP contribution is 2.15. The average molecular weight is 215 g/mol. The third-order valence-electron chi connectivity index (χ3n) is 2.37. The summed E-state index contributed by atoms with van der Waals surface area (Å²) in [7, 11) is 0. The second-order valence-electron chi connectivity index (χ2n) is 3.80. The number of hydrogen-bond acceptors (Lipinski definition) is 3. The topological polar surface area (TPSA) is 38.3 Å². The number of hydrogen-bond donors (Lipinski definition) is 1. The number of thiocarbonyl (C=S) groups is 1. The Labute approximate surface area is 90.2 Å². The van der Waals surface area contributed by atoms with Crippen molar-refractivity contribution in [3.63, 3.8) is 0 Å². The van der Waals surface area contributed by atoms with E-state index in [0.29, 0.717) is 6.04 Å². The fourth-order valence-electron chi connectivity index (χ4n) is 1.67. The minimum absolute atomic E-state index is 0.0171. The molecule has 0 spiro atoms.